The van der Waals surface area contributed by atoms with Crippen molar-refractivity contribution in [1.29, 1.82) is 0 Å². The summed E-state index contributed by atoms with van der Waals surface area (Å²) in [6, 6.07) is 0. The Bertz CT molecular complexity index is 254. The van der Waals surface area contributed by atoms with Crippen LogP contribution in [0.4, 0.5) is 0 Å². The van der Waals surface area contributed by atoms with Gasteiger partial charge in [0, 0.05) is 0 Å². The topological polar surface area (TPSA) is 63.8 Å². The number of hydrogen-bond acceptors (Lipinski definition) is 4. The van der Waals surface area contributed by atoms with Crippen molar-refractivity contribution < 1.29 is 5.11 Å². The summed E-state index contributed by atoms with van der Waals surface area (Å²) in [5.74, 6) is 0.412. The summed E-state index contributed by atoms with van der Waals surface area (Å²) < 4.78 is 0. The lowest BCUT2D eigenvalue weighted by molar-refractivity contribution is 0.0190. The van der Waals surface area contributed by atoms with Crippen molar-refractivity contribution in [2.24, 2.45) is 7.05 Å². The molecule has 0 fully saturated rings. The Hall–Kier alpha value is -0.970. The molecule has 1 rings (SSSR count). The highest BCUT2D eigenvalue weighted by molar-refractivity contribution is 4.95. The highest BCUT2D eigenvalue weighted by atomic mass is 16.3. The van der Waals surface area contributed by atoms with Crippen molar-refractivity contribution in [3.63, 3.8) is 0 Å². The number of aliphatic hydroxyl groups is 1. The Balaban J connectivity index is 2.94. The van der Waals surface area contributed by atoms with Gasteiger partial charge in [-0.2, -0.15) is 4.80 Å². The molecule has 1 aromatic rings. The predicted molar refractivity (Wildman–Crippen MR) is 43.3 cm³/mol. The molecule has 0 amide bonds. The lowest BCUT2D eigenvalue weighted by Crippen LogP contribution is -2.25. The number of aromatic nitrogens is 4. The van der Waals surface area contributed by atoms with Crippen molar-refractivity contribution >= 4 is 0 Å². The molecule has 0 aromatic carbocycles. The van der Waals surface area contributed by atoms with Gasteiger partial charge in [-0.05, 0) is 18.1 Å². The fourth-order valence-electron chi connectivity index (χ4n) is 1.04. The van der Waals surface area contributed by atoms with Gasteiger partial charge in [0.25, 0.3) is 0 Å². The maximum atomic E-state index is 9.94. The molecule has 0 saturated carbocycles. The minimum atomic E-state index is -0.908. The van der Waals surface area contributed by atoms with E-state index in [4.69, 9.17) is 0 Å². The van der Waals surface area contributed by atoms with Crippen molar-refractivity contribution in [3.05, 3.63) is 5.82 Å². The molecule has 0 aliphatic heterocycles. The molecule has 1 heterocycles. The molecule has 0 spiro atoms. The molecule has 0 saturated heterocycles. The van der Waals surface area contributed by atoms with Gasteiger partial charge >= 0.3 is 0 Å². The number of aryl methyl sites for hydroxylation is 1. The van der Waals surface area contributed by atoms with Crippen LogP contribution in [-0.4, -0.2) is 25.3 Å². The van der Waals surface area contributed by atoms with E-state index in [0.717, 1.165) is 0 Å². The van der Waals surface area contributed by atoms with Gasteiger partial charge in [-0.3, -0.25) is 0 Å². The minimum absolute atomic E-state index is 0.412. The fraction of sp³-hybridized carbons (Fsp3) is 0.857. The summed E-state index contributed by atoms with van der Waals surface area (Å²) in [4.78, 5) is 1.35. The molecule has 5 heteroatoms. The highest BCUT2D eigenvalue weighted by Gasteiger charge is 2.29. The van der Waals surface area contributed by atoms with Gasteiger partial charge in [0.05, 0.1) is 7.05 Å². The first-order valence-corrected chi connectivity index (χ1v) is 4.09. The second-order valence-electron chi connectivity index (χ2n) is 2.84. The van der Waals surface area contributed by atoms with Gasteiger partial charge in [-0.25, -0.2) is 0 Å². The van der Waals surface area contributed by atoms with Crippen molar-refractivity contribution in [2.75, 3.05) is 0 Å². The molecule has 0 atom stereocenters. The van der Waals surface area contributed by atoms with Gasteiger partial charge in [-0.15, -0.1) is 10.2 Å². The maximum Gasteiger partial charge on any atom is 0.206 e. The zero-order valence-electron chi connectivity index (χ0n) is 7.65. The predicted octanol–water partition coefficient (Wildman–Crippen LogP) is 0.218. The molecule has 0 aliphatic carbocycles. The molecule has 0 radical (unpaired) electrons. The van der Waals surface area contributed by atoms with Crippen LogP contribution in [0, 0.1) is 0 Å². The van der Waals surface area contributed by atoms with Crippen molar-refractivity contribution in [2.45, 2.75) is 32.3 Å². The molecule has 68 valence electrons. The van der Waals surface area contributed by atoms with E-state index in [1.807, 2.05) is 13.8 Å². The average molecular weight is 170 g/mol. The molecule has 5 nitrogen and oxygen atoms in total. The Kier molecular flexibility index (Phi) is 2.42. The van der Waals surface area contributed by atoms with Crippen LogP contribution in [0.1, 0.15) is 32.5 Å². The van der Waals surface area contributed by atoms with Crippen LogP contribution in [-0.2, 0) is 12.6 Å². The molecular formula is C7H14N4O. The smallest absolute Gasteiger partial charge is 0.206 e. The standard InChI is InChI=1S/C7H14N4O/c1-4-7(12,5-2)6-8-10-11(3)9-6/h12H,4-5H2,1-3H3. The van der Waals surface area contributed by atoms with E-state index in [2.05, 4.69) is 15.4 Å². The van der Waals surface area contributed by atoms with Crippen LogP contribution in [0.25, 0.3) is 0 Å². The van der Waals surface area contributed by atoms with E-state index < -0.39 is 5.60 Å². The Morgan fingerprint density at radius 3 is 2.33 bits per heavy atom. The SMILES string of the molecule is CCC(O)(CC)c1nnn(C)n1. The van der Waals surface area contributed by atoms with Gasteiger partial charge < -0.3 is 5.11 Å². The molecule has 0 unspecified atom stereocenters. The molecular weight excluding hydrogens is 156 g/mol. The largest absolute Gasteiger partial charge is 0.382 e. The van der Waals surface area contributed by atoms with Crippen LogP contribution >= 0.6 is 0 Å². The quantitative estimate of drug-likeness (QED) is 0.704. The van der Waals surface area contributed by atoms with Crippen LogP contribution in [0.3, 0.4) is 0 Å². The lowest BCUT2D eigenvalue weighted by atomic mass is 9.97. The van der Waals surface area contributed by atoms with E-state index in [-0.39, 0.29) is 0 Å². The van der Waals surface area contributed by atoms with Crippen LogP contribution in [0.2, 0.25) is 0 Å². The molecule has 0 bridgehead atoms. The van der Waals surface area contributed by atoms with E-state index >= 15 is 0 Å². The van der Waals surface area contributed by atoms with Gasteiger partial charge in [-0.1, -0.05) is 13.8 Å². The van der Waals surface area contributed by atoms with E-state index in [9.17, 15) is 5.11 Å². The molecule has 12 heavy (non-hydrogen) atoms. The Morgan fingerprint density at radius 1 is 1.42 bits per heavy atom. The van der Waals surface area contributed by atoms with Crippen molar-refractivity contribution in [3.8, 4) is 0 Å². The average Bonchev–Trinajstić information content (AvgIpc) is 2.51. The maximum absolute atomic E-state index is 9.94. The number of tetrazole rings is 1. The second kappa shape index (κ2) is 3.18. The molecule has 0 aliphatic rings. The van der Waals surface area contributed by atoms with Crippen LogP contribution < -0.4 is 0 Å². The third-order valence-corrected chi connectivity index (χ3v) is 2.09. The molecule has 1 aromatic heterocycles. The number of nitrogens with zero attached hydrogens (tertiary/aromatic N) is 4. The normalized spacial score (nSPS) is 12.0. The first-order valence-electron chi connectivity index (χ1n) is 4.09. The van der Waals surface area contributed by atoms with E-state index in [1.54, 1.807) is 7.05 Å². The van der Waals surface area contributed by atoms with Crippen LogP contribution in [0.5, 0.6) is 0 Å². The first kappa shape index (κ1) is 9.12. The fourth-order valence-corrected chi connectivity index (χ4v) is 1.04. The summed E-state index contributed by atoms with van der Waals surface area (Å²) >= 11 is 0. The van der Waals surface area contributed by atoms with E-state index in [1.165, 1.54) is 4.80 Å². The van der Waals surface area contributed by atoms with Gasteiger partial charge in [0.2, 0.25) is 5.82 Å². The summed E-state index contributed by atoms with van der Waals surface area (Å²) in [5.41, 5.74) is -0.908. The Labute approximate surface area is 71.4 Å². The molecule has 1 N–H and O–H groups in total. The summed E-state index contributed by atoms with van der Waals surface area (Å²) in [7, 11) is 1.68. The zero-order chi connectivity index (χ0) is 9.19. The highest BCUT2D eigenvalue weighted by Crippen LogP contribution is 2.23. The van der Waals surface area contributed by atoms with Crippen LogP contribution in [0.15, 0.2) is 0 Å². The number of rotatable bonds is 3. The monoisotopic (exact) mass is 170 g/mol. The first-order chi connectivity index (χ1) is 5.62. The minimum Gasteiger partial charge on any atom is -0.382 e. The Morgan fingerprint density at radius 2 is 2.00 bits per heavy atom. The summed E-state index contributed by atoms with van der Waals surface area (Å²) in [6.07, 6.45) is 1.21. The van der Waals surface area contributed by atoms with Gasteiger partial charge in [0.15, 0.2) is 0 Å². The van der Waals surface area contributed by atoms with Crippen molar-refractivity contribution in [1.82, 2.24) is 20.2 Å². The van der Waals surface area contributed by atoms with E-state index in [0.29, 0.717) is 18.7 Å². The summed E-state index contributed by atoms with van der Waals surface area (Å²) in [6.45, 7) is 3.81. The zero-order valence-corrected chi connectivity index (χ0v) is 7.65. The second-order valence-corrected chi connectivity index (χ2v) is 2.84. The van der Waals surface area contributed by atoms with Gasteiger partial charge in [0.1, 0.15) is 5.60 Å². The summed E-state index contributed by atoms with van der Waals surface area (Å²) in [5, 5.41) is 21.4. The third-order valence-electron chi connectivity index (χ3n) is 2.09. The third kappa shape index (κ3) is 1.45. The lowest BCUT2D eigenvalue weighted by Gasteiger charge is -2.19. The number of hydrogen-bond donors (Lipinski definition) is 1.